The summed E-state index contributed by atoms with van der Waals surface area (Å²) in [6.07, 6.45) is 1.07. The molecule has 0 saturated carbocycles. The molecule has 0 aliphatic heterocycles. The van der Waals surface area contributed by atoms with Crippen molar-refractivity contribution in [1.29, 1.82) is 5.26 Å². The summed E-state index contributed by atoms with van der Waals surface area (Å²) in [4.78, 5) is 24.7. The van der Waals surface area contributed by atoms with Crippen molar-refractivity contribution in [2.45, 2.75) is 0 Å². The van der Waals surface area contributed by atoms with Crippen LogP contribution in [-0.2, 0) is 0 Å². The summed E-state index contributed by atoms with van der Waals surface area (Å²) in [5, 5.41) is 8.55. The minimum absolute atomic E-state index is 0.163. The van der Waals surface area contributed by atoms with Gasteiger partial charge in [-0.25, -0.2) is 9.18 Å². The largest absolute Gasteiger partial charge is 0.332 e. The zero-order chi connectivity index (χ0) is 13.3. The van der Waals surface area contributed by atoms with E-state index in [0.29, 0.717) is 0 Å². The van der Waals surface area contributed by atoms with Gasteiger partial charge in [-0.3, -0.25) is 14.3 Å². The highest BCUT2D eigenvalue weighted by Gasteiger charge is 2.07. The van der Waals surface area contributed by atoms with Crippen LogP contribution in [0.4, 0.5) is 4.39 Å². The highest BCUT2D eigenvalue weighted by molar-refractivity contribution is 6.30. The number of rotatable bonds is 1. The highest BCUT2D eigenvalue weighted by Crippen LogP contribution is 2.17. The van der Waals surface area contributed by atoms with Gasteiger partial charge in [-0.05, 0) is 18.2 Å². The molecule has 0 saturated heterocycles. The molecule has 1 aromatic carbocycles. The smallest absolute Gasteiger partial charge is 0.273 e. The van der Waals surface area contributed by atoms with E-state index >= 15 is 0 Å². The molecule has 2 aromatic rings. The van der Waals surface area contributed by atoms with E-state index in [9.17, 15) is 14.0 Å². The number of nitrogens with zero attached hydrogens (tertiary/aromatic N) is 2. The zero-order valence-corrected chi connectivity index (χ0v) is 9.53. The number of nitriles is 1. The maximum Gasteiger partial charge on any atom is 0.332 e. The quantitative estimate of drug-likeness (QED) is 0.841. The lowest BCUT2D eigenvalue weighted by molar-refractivity contribution is 0.627. The first-order chi connectivity index (χ1) is 8.52. The summed E-state index contributed by atoms with van der Waals surface area (Å²) in [6.45, 7) is 0. The van der Waals surface area contributed by atoms with Crippen molar-refractivity contribution in [2.75, 3.05) is 0 Å². The third-order valence-corrected chi connectivity index (χ3v) is 2.53. The van der Waals surface area contributed by atoms with E-state index in [1.165, 1.54) is 12.1 Å². The van der Waals surface area contributed by atoms with Crippen LogP contribution >= 0.6 is 11.6 Å². The number of nitrogens with one attached hydrogen (secondary N) is 1. The number of halogens is 2. The lowest BCUT2D eigenvalue weighted by Gasteiger charge is -2.05. The van der Waals surface area contributed by atoms with Gasteiger partial charge in [0.25, 0.3) is 5.56 Å². The van der Waals surface area contributed by atoms with E-state index in [2.05, 4.69) is 0 Å². The lowest BCUT2D eigenvalue weighted by Crippen LogP contribution is -2.30. The van der Waals surface area contributed by atoms with Gasteiger partial charge in [0.05, 0.1) is 10.7 Å². The number of benzene rings is 1. The molecule has 0 atom stereocenters. The van der Waals surface area contributed by atoms with E-state index in [1.807, 2.05) is 4.98 Å². The SMILES string of the molecule is N#Cc1cn(-c2ccc(F)c(Cl)c2)c(=O)[nH]c1=O. The number of aromatic nitrogens is 2. The molecule has 0 aliphatic carbocycles. The molecule has 1 N–H and O–H groups in total. The first-order valence-electron chi connectivity index (χ1n) is 4.74. The monoisotopic (exact) mass is 265 g/mol. The zero-order valence-electron chi connectivity index (χ0n) is 8.78. The van der Waals surface area contributed by atoms with Gasteiger partial charge in [0, 0.05) is 6.20 Å². The summed E-state index contributed by atoms with van der Waals surface area (Å²) in [5.41, 5.74) is -1.48. The second-order valence-electron chi connectivity index (χ2n) is 3.38. The minimum Gasteiger partial charge on any atom is -0.273 e. The highest BCUT2D eigenvalue weighted by atomic mass is 35.5. The minimum atomic E-state index is -0.771. The van der Waals surface area contributed by atoms with Crippen LogP contribution in [0.15, 0.2) is 34.0 Å². The fraction of sp³-hybridized carbons (Fsp3) is 0. The van der Waals surface area contributed by atoms with Gasteiger partial charge in [-0.15, -0.1) is 0 Å². The molecule has 1 heterocycles. The van der Waals surface area contributed by atoms with Gasteiger partial charge in [0.1, 0.15) is 17.4 Å². The van der Waals surface area contributed by atoms with Crippen molar-refractivity contribution in [1.82, 2.24) is 9.55 Å². The van der Waals surface area contributed by atoms with Crippen LogP contribution in [0.3, 0.4) is 0 Å². The normalized spacial score (nSPS) is 10.1. The van der Waals surface area contributed by atoms with Gasteiger partial charge in [0.15, 0.2) is 0 Å². The molecule has 0 amide bonds. The first-order valence-corrected chi connectivity index (χ1v) is 5.12. The van der Waals surface area contributed by atoms with Crippen LogP contribution in [0.25, 0.3) is 5.69 Å². The van der Waals surface area contributed by atoms with E-state index in [0.717, 1.165) is 16.8 Å². The Morgan fingerprint density at radius 3 is 2.72 bits per heavy atom. The van der Waals surface area contributed by atoms with Gasteiger partial charge >= 0.3 is 5.69 Å². The Kier molecular flexibility index (Phi) is 3.00. The van der Waals surface area contributed by atoms with Gasteiger partial charge < -0.3 is 0 Å². The molecule has 0 unspecified atom stereocenters. The molecule has 90 valence electrons. The summed E-state index contributed by atoms with van der Waals surface area (Å²) in [6, 6.07) is 5.26. The molecule has 0 bridgehead atoms. The summed E-state index contributed by atoms with van der Waals surface area (Å²) >= 11 is 5.59. The van der Waals surface area contributed by atoms with Crippen LogP contribution < -0.4 is 11.2 Å². The predicted octanol–water partition coefficient (Wildman–Crippen LogP) is 1.19. The van der Waals surface area contributed by atoms with Crippen LogP contribution in [0.5, 0.6) is 0 Å². The van der Waals surface area contributed by atoms with E-state index < -0.39 is 17.1 Å². The van der Waals surface area contributed by atoms with E-state index in [-0.39, 0.29) is 16.3 Å². The molecular formula is C11H5ClFN3O2. The number of aromatic amines is 1. The van der Waals surface area contributed by atoms with Crippen molar-refractivity contribution < 1.29 is 4.39 Å². The predicted molar refractivity (Wildman–Crippen MR) is 62.3 cm³/mol. The Labute approximate surface area is 105 Å². The third-order valence-electron chi connectivity index (χ3n) is 2.24. The average Bonchev–Trinajstić information content (AvgIpc) is 2.33. The van der Waals surface area contributed by atoms with Crippen molar-refractivity contribution in [2.24, 2.45) is 0 Å². The molecule has 0 radical (unpaired) electrons. The van der Waals surface area contributed by atoms with Crippen molar-refractivity contribution >= 4 is 11.6 Å². The maximum atomic E-state index is 13.0. The average molecular weight is 266 g/mol. The molecule has 0 spiro atoms. The van der Waals surface area contributed by atoms with E-state index in [4.69, 9.17) is 16.9 Å². The van der Waals surface area contributed by atoms with Gasteiger partial charge in [-0.2, -0.15) is 5.26 Å². The van der Waals surface area contributed by atoms with Gasteiger partial charge in [-0.1, -0.05) is 11.6 Å². The summed E-state index contributed by atoms with van der Waals surface area (Å²) < 4.78 is 14.0. The fourth-order valence-electron chi connectivity index (χ4n) is 1.38. The third kappa shape index (κ3) is 2.04. The maximum absolute atomic E-state index is 13.0. The number of H-pyrrole nitrogens is 1. The van der Waals surface area contributed by atoms with Crippen LogP contribution in [0.1, 0.15) is 5.56 Å². The first kappa shape index (κ1) is 12.1. The molecule has 7 heteroatoms. The molecule has 1 aromatic heterocycles. The summed E-state index contributed by atoms with van der Waals surface area (Å²) in [5.74, 6) is -0.626. The topological polar surface area (TPSA) is 78.7 Å². The Morgan fingerprint density at radius 1 is 1.39 bits per heavy atom. The van der Waals surface area contributed by atoms with Crippen molar-refractivity contribution in [3.05, 3.63) is 61.6 Å². The summed E-state index contributed by atoms with van der Waals surface area (Å²) in [7, 11) is 0. The van der Waals surface area contributed by atoms with Crippen LogP contribution in [0, 0.1) is 17.1 Å². The lowest BCUT2D eigenvalue weighted by atomic mass is 10.3. The van der Waals surface area contributed by atoms with Crippen molar-refractivity contribution in [3.8, 4) is 11.8 Å². The number of hydrogen-bond acceptors (Lipinski definition) is 3. The molecule has 0 aliphatic rings. The van der Waals surface area contributed by atoms with E-state index in [1.54, 1.807) is 6.07 Å². The second-order valence-corrected chi connectivity index (χ2v) is 3.79. The Bertz CT molecular complexity index is 773. The molecule has 18 heavy (non-hydrogen) atoms. The Balaban J connectivity index is 2.72. The van der Waals surface area contributed by atoms with Crippen LogP contribution in [-0.4, -0.2) is 9.55 Å². The number of hydrogen-bond donors (Lipinski definition) is 1. The standard InChI is InChI=1S/C11H5ClFN3O2/c12-8-3-7(1-2-9(8)13)16-5-6(4-14)10(17)15-11(16)18/h1-3,5H,(H,15,17,18). The fourth-order valence-corrected chi connectivity index (χ4v) is 1.55. The van der Waals surface area contributed by atoms with Crippen LogP contribution in [0.2, 0.25) is 5.02 Å². The molecular weight excluding hydrogens is 261 g/mol. The van der Waals surface area contributed by atoms with Crippen molar-refractivity contribution in [3.63, 3.8) is 0 Å². The molecule has 2 rings (SSSR count). The molecule has 5 nitrogen and oxygen atoms in total. The van der Waals surface area contributed by atoms with Gasteiger partial charge in [0.2, 0.25) is 0 Å². The second kappa shape index (κ2) is 4.47. The Hall–Kier alpha value is -2.39. The Morgan fingerprint density at radius 2 is 2.11 bits per heavy atom. The molecule has 0 fully saturated rings.